The van der Waals surface area contributed by atoms with Crippen LogP contribution in [0.15, 0.2) is 48.5 Å². The zero-order chi connectivity index (χ0) is 13.7. The second-order valence-corrected chi connectivity index (χ2v) is 4.05. The van der Waals surface area contributed by atoms with Gasteiger partial charge in [-0.1, -0.05) is 30.3 Å². The van der Waals surface area contributed by atoms with Gasteiger partial charge in [0.25, 0.3) is 0 Å². The van der Waals surface area contributed by atoms with E-state index in [9.17, 15) is 0 Å². The standard InChI is InChI=1S/C15H16N2O2/c1-18-14-8-7-12(9-13(14)15(16)17)19-10-11-5-3-2-4-6-11/h2-9H,10H2,1H3,(H3,16,17). The number of amidine groups is 1. The monoisotopic (exact) mass is 256 g/mol. The minimum atomic E-state index is -0.0398. The summed E-state index contributed by atoms with van der Waals surface area (Å²) in [4.78, 5) is 0. The lowest BCUT2D eigenvalue weighted by Gasteiger charge is -2.11. The maximum absolute atomic E-state index is 7.51. The van der Waals surface area contributed by atoms with Crippen LogP contribution in [0.3, 0.4) is 0 Å². The molecule has 2 rings (SSSR count). The Labute approximate surface area is 112 Å². The maximum atomic E-state index is 7.51. The van der Waals surface area contributed by atoms with Crippen LogP contribution in [0, 0.1) is 5.41 Å². The van der Waals surface area contributed by atoms with Crippen LogP contribution >= 0.6 is 0 Å². The number of rotatable bonds is 5. The Morgan fingerprint density at radius 2 is 1.89 bits per heavy atom. The Morgan fingerprint density at radius 1 is 1.16 bits per heavy atom. The molecule has 0 aliphatic carbocycles. The molecule has 0 fully saturated rings. The molecule has 0 aliphatic rings. The van der Waals surface area contributed by atoms with E-state index in [1.165, 1.54) is 0 Å². The summed E-state index contributed by atoms with van der Waals surface area (Å²) in [5.41, 5.74) is 7.14. The summed E-state index contributed by atoms with van der Waals surface area (Å²) < 4.78 is 10.8. The molecule has 19 heavy (non-hydrogen) atoms. The van der Waals surface area contributed by atoms with Crippen LogP contribution in [0.4, 0.5) is 0 Å². The van der Waals surface area contributed by atoms with Gasteiger partial charge >= 0.3 is 0 Å². The molecular formula is C15H16N2O2. The summed E-state index contributed by atoms with van der Waals surface area (Å²) in [6, 6.07) is 15.1. The van der Waals surface area contributed by atoms with E-state index in [1.54, 1.807) is 25.3 Å². The van der Waals surface area contributed by atoms with Gasteiger partial charge in [0.15, 0.2) is 0 Å². The van der Waals surface area contributed by atoms with Gasteiger partial charge in [-0.3, -0.25) is 5.41 Å². The predicted octanol–water partition coefficient (Wildman–Crippen LogP) is 2.56. The molecule has 2 aromatic rings. The summed E-state index contributed by atoms with van der Waals surface area (Å²) in [6.45, 7) is 0.477. The van der Waals surface area contributed by atoms with E-state index < -0.39 is 0 Å². The molecule has 3 N–H and O–H groups in total. The Bertz CT molecular complexity index is 568. The maximum Gasteiger partial charge on any atom is 0.130 e. The number of benzene rings is 2. The fourth-order valence-corrected chi connectivity index (χ4v) is 1.73. The third-order valence-electron chi connectivity index (χ3n) is 2.71. The van der Waals surface area contributed by atoms with Crippen LogP contribution in [-0.2, 0) is 6.61 Å². The lowest BCUT2D eigenvalue weighted by Crippen LogP contribution is -2.12. The van der Waals surface area contributed by atoms with Gasteiger partial charge in [-0.25, -0.2) is 0 Å². The lowest BCUT2D eigenvalue weighted by atomic mass is 10.1. The Morgan fingerprint density at radius 3 is 2.53 bits per heavy atom. The van der Waals surface area contributed by atoms with Crippen molar-refractivity contribution in [3.05, 3.63) is 59.7 Å². The van der Waals surface area contributed by atoms with Crippen LogP contribution < -0.4 is 15.2 Å². The molecule has 0 saturated carbocycles. The molecule has 0 aromatic heterocycles. The SMILES string of the molecule is COc1ccc(OCc2ccccc2)cc1C(=N)N. The molecule has 0 spiro atoms. The average molecular weight is 256 g/mol. The first-order valence-electron chi connectivity index (χ1n) is 5.90. The van der Waals surface area contributed by atoms with Crippen LogP contribution in [0.1, 0.15) is 11.1 Å². The van der Waals surface area contributed by atoms with Gasteiger partial charge in [0.05, 0.1) is 12.7 Å². The second kappa shape index (κ2) is 5.91. The molecule has 0 radical (unpaired) electrons. The van der Waals surface area contributed by atoms with Crippen LogP contribution in [0.5, 0.6) is 11.5 Å². The largest absolute Gasteiger partial charge is 0.496 e. The van der Waals surface area contributed by atoms with E-state index in [-0.39, 0.29) is 5.84 Å². The van der Waals surface area contributed by atoms with Crippen LogP contribution in [0.25, 0.3) is 0 Å². The van der Waals surface area contributed by atoms with Crippen LogP contribution in [-0.4, -0.2) is 12.9 Å². The van der Waals surface area contributed by atoms with E-state index in [1.807, 2.05) is 30.3 Å². The summed E-state index contributed by atoms with van der Waals surface area (Å²) in [5.74, 6) is 1.19. The molecule has 0 amide bonds. The molecule has 4 heteroatoms. The molecule has 4 nitrogen and oxygen atoms in total. The van der Waals surface area contributed by atoms with Crippen molar-refractivity contribution in [1.29, 1.82) is 5.41 Å². The Balaban J connectivity index is 2.13. The predicted molar refractivity (Wildman–Crippen MR) is 74.8 cm³/mol. The normalized spacial score (nSPS) is 9.95. The topological polar surface area (TPSA) is 68.3 Å². The molecule has 0 bridgehead atoms. The number of nitrogens with one attached hydrogen (secondary N) is 1. The number of hydrogen-bond donors (Lipinski definition) is 2. The van der Waals surface area contributed by atoms with Crippen molar-refractivity contribution >= 4 is 5.84 Å². The third kappa shape index (κ3) is 3.25. The van der Waals surface area contributed by atoms with Crippen molar-refractivity contribution in [2.75, 3.05) is 7.11 Å². The second-order valence-electron chi connectivity index (χ2n) is 4.05. The summed E-state index contributed by atoms with van der Waals surface area (Å²) in [7, 11) is 1.55. The van der Waals surface area contributed by atoms with Gasteiger partial charge in [0, 0.05) is 0 Å². The van der Waals surface area contributed by atoms with E-state index in [4.69, 9.17) is 20.6 Å². The first kappa shape index (κ1) is 13.0. The fraction of sp³-hybridized carbons (Fsp3) is 0.133. The number of methoxy groups -OCH3 is 1. The van der Waals surface area contributed by atoms with Crippen molar-refractivity contribution in [2.24, 2.45) is 5.73 Å². The van der Waals surface area contributed by atoms with Crippen molar-refractivity contribution in [3.8, 4) is 11.5 Å². The number of ether oxygens (including phenoxy) is 2. The van der Waals surface area contributed by atoms with Gasteiger partial charge in [0.1, 0.15) is 23.9 Å². The number of hydrogen-bond acceptors (Lipinski definition) is 3. The lowest BCUT2D eigenvalue weighted by molar-refractivity contribution is 0.305. The Kier molecular flexibility index (Phi) is 4.03. The van der Waals surface area contributed by atoms with Gasteiger partial charge in [0.2, 0.25) is 0 Å². The minimum absolute atomic E-state index is 0.0398. The van der Waals surface area contributed by atoms with E-state index in [2.05, 4.69) is 0 Å². The van der Waals surface area contributed by atoms with Gasteiger partial charge in [-0.05, 0) is 23.8 Å². The van der Waals surface area contributed by atoms with Crippen LogP contribution in [0.2, 0.25) is 0 Å². The zero-order valence-electron chi connectivity index (χ0n) is 10.7. The molecule has 0 saturated heterocycles. The molecule has 0 atom stereocenters. The molecular weight excluding hydrogens is 240 g/mol. The smallest absolute Gasteiger partial charge is 0.130 e. The van der Waals surface area contributed by atoms with E-state index in [0.29, 0.717) is 23.7 Å². The quantitative estimate of drug-likeness (QED) is 0.638. The van der Waals surface area contributed by atoms with Crippen molar-refractivity contribution in [1.82, 2.24) is 0 Å². The average Bonchev–Trinajstić information content (AvgIpc) is 2.46. The molecule has 98 valence electrons. The summed E-state index contributed by atoms with van der Waals surface area (Å²) in [5, 5.41) is 7.51. The highest BCUT2D eigenvalue weighted by Gasteiger charge is 2.07. The first-order chi connectivity index (χ1) is 9.20. The van der Waals surface area contributed by atoms with E-state index >= 15 is 0 Å². The van der Waals surface area contributed by atoms with Gasteiger partial charge in [-0.2, -0.15) is 0 Å². The number of nitrogen functional groups attached to an aromatic ring is 1. The van der Waals surface area contributed by atoms with E-state index in [0.717, 1.165) is 5.56 Å². The highest BCUT2D eigenvalue weighted by molar-refractivity contribution is 5.98. The van der Waals surface area contributed by atoms with Gasteiger partial charge < -0.3 is 15.2 Å². The highest BCUT2D eigenvalue weighted by Crippen LogP contribution is 2.24. The van der Waals surface area contributed by atoms with Crippen molar-refractivity contribution in [2.45, 2.75) is 6.61 Å². The molecule has 2 aromatic carbocycles. The summed E-state index contributed by atoms with van der Waals surface area (Å²) >= 11 is 0. The third-order valence-corrected chi connectivity index (χ3v) is 2.71. The van der Waals surface area contributed by atoms with Crippen molar-refractivity contribution < 1.29 is 9.47 Å². The zero-order valence-corrected chi connectivity index (χ0v) is 10.7. The number of nitrogens with two attached hydrogens (primary N) is 1. The van der Waals surface area contributed by atoms with Crippen molar-refractivity contribution in [3.63, 3.8) is 0 Å². The molecule has 0 heterocycles. The molecule has 0 unspecified atom stereocenters. The Hall–Kier alpha value is -2.49. The first-order valence-corrected chi connectivity index (χ1v) is 5.90. The minimum Gasteiger partial charge on any atom is -0.496 e. The fourth-order valence-electron chi connectivity index (χ4n) is 1.73. The highest BCUT2D eigenvalue weighted by atomic mass is 16.5. The van der Waals surface area contributed by atoms with Gasteiger partial charge in [-0.15, -0.1) is 0 Å². The summed E-state index contributed by atoms with van der Waals surface area (Å²) in [6.07, 6.45) is 0. The molecule has 0 aliphatic heterocycles.